The molecule has 4 heteroatoms. The standard InChI is InChI=1S/C15H22FNO2/c1-14(2,3)9-15(4,5)17-12-10(13(18)19)7-6-8-11(12)16/h6-8,17H,9H2,1-5H3,(H,18,19). The van der Waals surface area contributed by atoms with E-state index >= 15 is 0 Å². The zero-order valence-electron chi connectivity index (χ0n) is 12.2. The van der Waals surface area contributed by atoms with Crippen LogP contribution in [0, 0.1) is 11.2 Å². The van der Waals surface area contributed by atoms with Crippen molar-refractivity contribution in [2.45, 2.75) is 46.6 Å². The van der Waals surface area contributed by atoms with Gasteiger partial charge in [-0.25, -0.2) is 9.18 Å². The van der Waals surface area contributed by atoms with Gasteiger partial charge in [0.2, 0.25) is 0 Å². The molecule has 0 heterocycles. The van der Waals surface area contributed by atoms with Crippen molar-refractivity contribution in [2.75, 3.05) is 5.32 Å². The minimum Gasteiger partial charge on any atom is -0.478 e. The molecule has 0 aliphatic carbocycles. The summed E-state index contributed by atoms with van der Waals surface area (Å²) in [5, 5.41) is 12.2. The van der Waals surface area contributed by atoms with Gasteiger partial charge in [-0.2, -0.15) is 0 Å². The smallest absolute Gasteiger partial charge is 0.337 e. The van der Waals surface area contributed by atoms with Crippen molar-refractivity contribution in [3.63, 3.8) is 0 Å². The third-order valence-electron chi connectivity index (χ3n) is 2.68. The zero-order chi connectivity index (χ0) is 14.8. The zero-order valence-corrected chi connectivity index (χ0v) is 12.2. The van der Waals surface area contributed by atoms with Gasteiger partial charge in [0.1, 0.15) is 5.82 Å². The van der Waals surface area contributed by atoms with Crippen molar-refractivity contribution in [1.82, 2.24) is 0 Å². The molecule has 0 radical (unpaired) electrons. The molecule has 0 bridgehead atoms. The van der Waals surface area contributed by atoms with Crippen LogP contribution in [0.3, 0.4) is 0 Å². The molecule has 0 aliphatic rings. The summed E-state index contributed by atoms with van der Waals surface area (Å²) in [5.41, 5.74) is -0.318. The SMILES string of the molecule is CC(C)(C)CC(C)(C)Nc1c(F)cccc1C(=O)O. The van der Waals surface area contributed by atoms with Gasteiger partial charge in [-0.05, 0) is 37.8 Å². The summed E-state index contributed by atoms with van der Waals surface area (Å²) in [6, 6.07) is 4.07. The van der Waals surface area contributed by atoms with Gasteiger partial charge in [0, 0.05) is 5.54 Å². The van der Waals surface area contributed by atoms with Crippen LogP contribution in [0.1, 0.15) is 51.4 Å². The quantitative estimate of drug-likeness (QED) is 0.861. The third kappa shape index (κ3) is 4.54. The molecule has 106 valence electrons. The Labute approximate surface area is 113 Å². The molecule has 0 spiro atoms. The number of rotatable bonds is 4. The molecule has 0 atom stereocenters. The number of carbonyl (C=O) groups is 1. The molecule has 0 saturated carbocycles. The topological polar surface area (TPSA) is 49.3 Å². The van der Waals surface area contributed by atoms with E-state index in [0.29, 0.717) is 0 Å². The van der Waals surface area contributed by atoms with Crippen molar-refractivity contribution in [3.8, 4) is 0 Å². The number of carboxylic acids is 1. The van der Waals surface area contributed by atoms with Crippen LogP contribution < -0.4 is 5.32 Å². The maximum Gasteiger partial charge on any atom is 0.337 e. The molecule has 19 heavy (non-hydrogen) atoms. The summed E-state index contributed by atoms with van der Waals surface area (Å²) in [5.74, 6) is -1.67. The summed E-state index contributed by atoms with van der Waals surface area (Å²) >= 11 is 0. The highest BCUT2D eigenvalue weighted by molar-refractivity contribution is 5.94. The maximum absolute atomic E-state index is 13.8. The molecule has 2 N–H and O–H groups in total. The number of aromatic carboxylic acids is 1. The first kappa shape index (κ1) is 15.5. The average molecular weight is 267 g/mol. The van der Waals surface area contributed by atoms with Crippen molar-refractivity contribution < 1.29 is 14.3 Å². The van der Waals surface area contributed by atoms with E-state index < -0.39 is 17.3 Å². The van der Waals surface area contributed by atoms with Gasteiger partial charge in [-0.1, -0.05) is 26.8 Å². The second-order valence-corrected chi connectivity index (χ2v) is 6.71. The fourth-order valence-corrected chi connectivity index (χ4v) is 2.54. The summed E-state index contributed by atoms with van der Waals surface area (Å²) in [7, 11) is 0. The molecule has 1 rings (SSSR count). The van der Waals surface area contributed by atoms with E-state index in [1.165, 1.54) is 18.2 Å². The largest absolute Gasteiger partial charge is 0.478 e. The molecule has 0 fully saturated rings. The monoisotopic (exact) mass is 267 g/mol. The summed E-state index contributed by atoms with van der Waals surface area (Å²) in [6.07, 6.45) is 0.785. The van der Waals surface area contributed by atoms with Gasteiger partial charge in [0.25, 0.3) is 0 Å². The van der Waals surface area contributed by atoms with Crippen LogP contribution in [0.2, 0.25) is 0 Å². The number of anilines is 1. The predicted molar refractivity (Wildman–Crippen MR) is 75.1 cm³/mol. The summed E-state index contributed by atoms with van der Waals surface area (Å²) in [4.78, 5) is 11.1. The van der Waals surface area contributed by atoms with Crippen LogP contribution in [-0.4, -0.2) is 16.6 Å². The molecular weight excluding hydrogens is 245 g/mol. The Balaban J connectivity index is 3.08. The number of halogens is 1. The van der Waals surface area contributed by atoms with Gasteiger partial charge in [0.05, 0.1) is 11.3 Å². The van der Waals surface area contributed by atoms with E-state index in [9.17, 15) is 9.18 Å². The van der Waals surface area contributed by atoms with Gasteiger partial charge in [-0.3, -0.25) is 0 Å². The van der Waals surface area contributed by atoms with Gasteiger partial charge < -0.3 is 10.4 Å². The number of hydrogen-bond acceptors (Lipinski definition) is 2. The van der Waals surface area contributed by atoms with Crippen molar-refractivity contribution in [1.29, 1.82) is 0 Å². The van der Waals surface area contributed by atoms with E-state index in [0.717, 1.165) is 6.42 Å². The van der Waals surface area contributed by atoms with Crippen molar-refractivity contribution in [3.05, 3.63) is 29.6 Å². The molecule has 0 amide bonds. The number of carboxylic acid groups (broad SMARTS) is 1. The Morgan fingerprint density at radius 3 is 2.32 bits per heavy atom. The Bertz CT molecular complexity index is 476. The average Bonchev–Trinajstić information content (AvgIpc) is 2.16. The van der Waals surface area contributed by atoms with Gasteiger partial charge in [-0.15, -0.1) is 0 Å². The lowest BCUT2D eigenvalue weighted by molar-refractivity contribution is 0.0697. The van der Waals surface area contributed by atoms with E-state index in [1.807, 2.05) is 13.8 Å². The molecule has 0 saturated heterocycles. The summed E-state index contributed by atoms with van der Waals surface area (Å²) in [6.45, 7) is 10.2. The van der Waals surface area contributed by atoms with E-state index in [2.05, 4.69) is 26.1 Å². The first-order valence-corrected chi connectivity index (χ1v) is 6.32. The molecule has 1 aromatic carbocycles. The second-order valence-electron chi connectivity index (χ2n) is 6.71. The minimum absolute atomic E-state index is 0.0398. The molecule has 0 unspecified atom stereocenters. The fraction of sp³-hybridized carbons (Fsp3) is 0.533. The molecular formula is C15H22FNO2. The highest BCUT2D eigenvalue weighted by Crippen LogP contribution is 2.31. The molecule has 0 aromatic heterocycles. The lowest BCUT2D eigenvalue weighted by atomic mass is 9.81. The number of benzene rings is 1. The maximum atomic E-state index is 13.8. The minimum atomic E-state index is -1.13. The second kappa shape index (κ2) is 5.19. The van der Waals surface area contributed by atoms with Gasteiger partial charge >= 0.3 is 5.97 Å². The van der Waals surface area contributed by atoms with Crippen LogP contribution >= 0.6 is 0 Å². The number of hydrogen-bond donors (Lipinski definition) is 2. The number of nitrogens with one attached hydrogen (secondary N) is 1. The first-order chi connectivity index (χ1) is 8.52. The Morgan fingerprint density at radius 2 is 1.84 bits per heavy atom. The Morgan fingerprint density at radius 1 is 1.26 bits per heavy atom. The van der Waals surface area contributed by atoms with Crippen LogP contribution in [0.25, 0.3) is 0 Å². The molecule has 1 aromatic rings. The normalized spacial score (nSPS) is 12.3. The highest BCUT2D eigenvalue weighted by Gasteiger charge is 2.27. The van der Waals surface area contributed by atoms with Crippen molar-refractivity contribution in [2.24, 2.45) is 5.41 Å². The fourth-order valence-electron chi connectivity index (χ4n) is 2.54. The van der Waals surface area contributed by atoms with Crippen molar-refractivity contribution >= 4 is 11.7 Å². The van der Waals surface area contributed by atoms with Crippen LogP contribution in [0.4, 0.5) is 10.1 Å². The molecule has 3 nitrogen and oxygen atoms in total. The first-order valence-electron chi connectivity index (χ1n) is 6.32. The van der Waals surface area contributed by atoms with Crippen LogP contribution in [0.5, 0.6) is 0 Å². The Kier molecular flexibility index (Phi) is 4.23. The van der Waals surface area contributed by atoms with Gasteiger partial charge in [0.15, 0.2) is 0 Å². The summed E-state index contributed by atoms with van der Waals surface area (Å²) < 4.78 is 13.8. The van der Waals surface area contributed by atoms with E-state index in [1.54, 1.807) is 0 Å². The van der Waals surface area contributed by atoms with Crippen LogP contribution in [0.15, 0.2) is 18.2 Å². The molecule has 0 aliphatic heterocycles. The highest BCUT2D eigenvalue weighted by atomic mass is 19.1. The lowest BCUT2D eigenvalue weighted by Crippen LogP contribution is -2.36. The van der Waals surface area contributed by atoms with E-state index in [-0.39, 0.29) is 16.7 Å². The van der Waals surface area contributed by atoms with E-state index in [4.69, 9.17) is 5.11 Å². The predicted octanol–water partition coefficient (Wildman–Crippen LogP) is 4.15. The van der Waals surface area contributed by atoms with Crippen LogP contribution in [-0.2, 0) is 0 Å². The third-order valence-corrected chi connectivity index (χ3v) is 2.68. The number of para-hydroxylation sites is 1. The lowest BCUT2D eigenvalue weighted by Gasteiger charge is -2.34. The Hall–Kier alpha value is -1.58.